The van der Waals surface area contributed by atoms with Crippen LogP contribution in [0.2, 0.25) is 0 Å². The van der Waals surface area contributed by atoms with Gasteiger partial charge in [0.25, 0.3) is 0 Å². The second-order valence-electron chi connectivity index (χ2n) is 6.18. The third-order valence-electron chi connectivity index (χ3n) is 3.87. The van der Waals surface area contributed by atoms with E-state index >= 15 is 0 Å². The maximum absolute atomic E-state index is 12.0. The molecule has 0 bridgehead atoms. The van der Waals surface area contributed by atoms with Crippen molar-refractivity contribution in [2.75, 3.05) is 5.32 Å². The molecule has 6 N–H and O–H groups in total. The van der Waals surface area contributed by atoms with Gasteiger partial charge in [-0.2, -0.15) is 4.98 Å². The SMILES string of the molecule is N[C@@H](NC(=O)Nc1cnc(Cc2ccccc2)nc1O)C(=O)Oc1ccc(O)cc1. The molecule has 0 aliphatic rings. The summed E-state index contributed by atoms with van der Waals surface area (Å²) < 4.78 is 4.99. The molecule has 1 heterocycles. The van der Waals surface area contributed by atoms with Gasteiger partial charge in [0, 0.05) is 6.42 Å². The lowest BCUT2D eigenvalue weighted by atomic mass is 10.1. The van der Waals surface area contributed by atoms with Crippen LogP contribution < -0.4 is 21.1 Å². The van der Waals surface area contributed by atoms with E-state index in [-0.39, 0.29) is 17.2 Å². The quantitative estimate of drug-likeness (QED) is 0.232. The summed E-state index contributed by atoms with van der Waals surface area (Å²) in [6, 6.07) is 14.0. The zero-order valence-corrected chi connectivity index (χ0v) is 15.6. The lowest BCUT2D eigenvalue weighted by Gasteiger charge is -2.14. The van der Waals surface area contributed by atoms with Crippen LogP contribution in [0.15, 0.2) is 60.8 Å². The zero-order chi connectivity index (χ0) is 21.5. The number of hydrogen-bond acceptors (Lipinski definition) is 8. The van der Waals surface area contributed by atoms with Gasteiger partial charge in [0.15, 0.2) is 6.17 Å². The summed E-state index contributed by atoms with van der Waals surface area (Å²) in [5.41, 5.74) is 6.52. The smallest absolute Gasteiger partial charge is 0.349 e. The molecule has 0 saturated carbocycles. The Balaban J connectivity index is 1.54. The van der Waals surface area contributed by atoms with E-state index in [1.165, 1.54) is 30.5 Å². The maximum Gasteiger partial charge on any atom is 0.349 e. The molecule has 2 aromatic carbocycles. The fourth-order valence-electron chi connectivity index (χ4n) is 2.41. The van der Waals surface area contributed by atoms with E-state index in [2.05, 4.69) is 20.6 Å². The van der Waals surface area contributed by atoms with Crippen molar-refractivity contribution in [2.45, 2.75) is 12.6 Å². The molecular weight excluding hydrogens is 390 g/mol. The molecule has 0 aliphatic heterocycles. The van der Waals surface area contributed by atoms with Gasteiger partial charge in [-0.25, -0.2) is 14.6 Å². The average molecular weight is 409 g/mol. The van der Waals surface area contributed by atoms with Crippen molar-refractivity contribution in [3.8, 4) is 17.4 Å². The summed E-state index contributed by atoms with van der Waals surface area (Å²) in [7, 11) is 0. The molecule has 0 radical (unpaired) electrons. The number of carbonyl (C=O) groups is 2. The molecule has 10 heteroatoms. The average Bonchev–Trinajstić information content (AvgIpc) is 2.72. The molecule has 154 valence electrons. The van der Waals surface area contributed by atoms with Crippen LogP contribution in [0, 0.1) is 0 Å². The Morgan fingerprint density at radius 2 is 1.77 bits per heavy atom. The number of nitrogens with one attached hydrogen (secondary N) is 2. The highest BCUT2D eigenvalue weighted by atomic mass is 16.5. The molecule has 0 spiro atoms. The topological polar surface area (TPSA) is 160 Å². The van der Waals surface area contributed by atoms with E-state index in [1.54, 1.807) is 0 Å². The van der Waals surface area contributed by atoms with Crippen LogP contribution in [0.3, 0.4) is 0 Å². The Kier molecular flexibility index (Phi) is 6.40. The number of ether oxygens (including phenoxy) is 1. The molecule has 0 saturated heterocycles. The van der Waals surface area contributed by atoms with E-state index in [4.69, 9.17) is 10.5 Å². The number of esters is 1. The second kappa shape index (κ2) is 9.34. The third-order valence-corrected chi connectivity index (χ3v) is 3.87. The number of aromatic hydroxyl groups is 2. The first-order valence-corrected chi connectivity index (χ1v) is 8.83. The van der Waals surface area contributed by atoms with Gasteiger partial charge in [-0.05, 0) is 29.8 Å². The van der Waals surface area contributed by atoms with Crippen LogP contribution in [0.4, 0.5) is 10.5 Å². The Morgan fingerprint density at radius 1 is 1.07 bits per heavy atom. The Morgan fingerprint density at radius 3 is 2.43 bits per heavy atom. The molecule has 3 rings (SSSR count). The number of carbonyl (C=O) groups excluding carboxylic acids is 2. The Labute approximate surface area is 171 Å². The van der Waals surface area contributed by atoms with Gasteiger partial charge in [-0.15, -0.1) is 0 Å². The zero-order valence-electron chi connectivity index (χ0n) is 15.6. The predicted octanol–water partition coefficient (Wildman–Crippen LogP) is 1.49. The van der Waals surface area contributed by atoms with Crippen molar-refractivity contribution in [2.24, 2.45) is 5.73 Å². The Bertz CT molecular complexity index is 1030. The first kappa shape index (κ1) is 20.6. The number of phenolic OH excluding ortho intramolecular Hbond substituents is 1. The highest BCUT2D eigenvalue weighted by Crippen LogP contribution is 2.20. The molecular formula is C20H19N5O5. The standard InChI is InChI=1S/C20H19N5O5/c21-17(19(28)30-14-8-6-13(26)7-9-14)25-20(29)23-15-11-22-16(24-18(15)27)10-12-4-2-1-3-5-12/h1-9,11,17,26H,10,21H2,(H,22,24,27)(H2,23,25,29)/t17-/m0/s1. The van der Waals surface area contributed by atoms with Gasteiger partial charge < -0.3 is 31.3 Å². The van der Waals surface area contributed by atoms with Crippen LogP contribution in [0.25, 0.3) is 0 Å². The molecule has 0 aliphatic carbocycles. The van der Waals surface area contributed by atoms with Gasteiger partial charge >= 0.3 is 12.0 Å². The van der Waals surface area contributed by atoms with Crippen molar-refractivity contribution in [3.63, 3.8) is 0 Å². The van der Waals surface area contributed by atoms with E-state index in [0.717, 1.165) is 5.56 Å². The van der Waals surface area contributed by atoms with Gasteiger partial charge in [-0.1, -0.05) is 30.3 Å². The summed E-state index contributed by atoms with van der Waals surface area (Å²) in [4.78, 5) is 32.1. The van der Waals surface area contributed by atoms with Crippen molar-refractivity contribution in [3.05, 3.63) is 72.2 Å². The first-order chi connectivity index (χ1) is 14.4. The molecule has 0 fully saturated rings. The number of amides is 2. The number of aromatic nitrogens is 2. The fraction of sp³-hybridized carbons (Fsp3) is 0.100. The molecule has 2 amide bonds. The van der Waals surface area contributed by atoms with Gasteiger partial charge in [0.05, 0.1) is 6.20 Å². The monoisotopic (exact) mass is 409 g/mol. The van der Waals surface area contributed by atoms with Crippen LogP contribution in [-0.4, -0.2) is 38.3 Å². The van der Waals surface area contributed by atoms with Crippen LogP contribution in [-0.2, 0) is 11.2 Å². The molecule has 1 atom stereocenters. The number of urea groups is 1. The molecule has 0 unspecified atom stereocenters. The van der Waals surface area contributed by atoms with E-state index in [0.29, 0.717) is 12.2 Å². The first-order valence-electron chi connectivity index (χ1n) is 8.83. The summed E-state index contributed by atoms with van der Waals surface area (Å²) in [5.74, 6) is -0.816. The fourth-order valence-corrected chi connectivity index (χ4v) is 2.41. The highest BCUT2D eigenvalue weighted by Gasteiger charge is 2.19. The summed E-state index contributed by atoms with van der Waals surface area (Å²) in [6.45, 7) is 0. The molecule has 3 aromatic rings. The van der Waals surface area contributed by atoms with Crippen molar-refractivity contribution < 1.29 is 24.5 Å². The third kappa shape index (κ3) is 5.66. The number of nitrogens with two attached hydrogens (primary N) is 1. The van der Waals surface area contributed by atoms with Gasteiger partial charge in [0.2, 0.25) is 5.88 Å². The molecule has 30 heavy (non-hydrogen) atoms. The Hall–Kier alpha value is -4.18. The number of nitrogens with zero attached hydrogens (tertiary/aromatic N) is 2. The van der Waals surface area contributed by atoms with Crippen LogP contribution in [0.1, 0.15) is 11.4 Å². The summed E-state index contributed by atoms with van der Waals surface area (Å²) in [5, 5.41) is 23.7. The maximum atomic E-state index is 12.0. The van der Waals surface area contributed by atoms with Crippen LogP contribution in [0.5, 0.6) is 17.4 Å². The molecule has 1 aromatic heterocycles. The molecule has 10 nitrogen and oxygen atoms in total. The van der Waals surface area contributed by atoms with Gasteiger partial charge in [-0.3, -0.25) is 0 Å². The minimum atomic E-state index is -1.47. The number of anilines is 1. The van der Waals surface area contributed by atoms with Gasteiger partial charge in [0.1, 0.15) is 23.0 Å². The predicted molar refractivity (Wildman–Crippen MR) is 107 cm³/mol. The van der Waals surface area contributed by atoms with Crippen LogP contribution >= 0.6 is 0 Å². The second-order valence-corrected chi connectivity index (χ2v) is 6.18. The highest BCUT2D eigenvalue weighted by molar-refractivity contribution is 5.93. The van der Waals surface area contributed by atoms with E-state index in [9.17, 15) is 19.8 Å². The normalized spacial score (nSPS) is 11.4. The minimum Gasteiger partial charge on any atom is -0.508 e. The number of benzene rings is 2. The minimum absolute atomic E-state index is 0.00779. The number of rotatable bonds is 6. The lowest BCUT2D eigenvalue weighted by Crippen LogP contribution is -2.50. The van der Waals surface area contributed by atoms with E-state index < -0.39 is 24.0 Å². The van der Waals surface area contributed by atoms with Crippen molar-refractivity contribution >= 4 is 17.7 Å². The number of phenols is 1. The van der Waals surface area contributed by atoms with Crippen molar-refractivity contribution in [1.82, 2.24) is 15.3 Å². The number of hydrogen-bond donors (Lipinski definition) is 5. The summed E-state index contributed by atoms with van der Waals surface area (Å²) in [6.07, 6.45) is 0.189. The largest absolute Gasteiger partial charge is 0.508 e. The lowest BCUT2D eigenvalue weighted by molar-refractivity contribution is -0.136. The van der Waals surface area contributed by atoms with E-state index in [1.807, 2.05) is 30.3 Å². The van der Waals surface area contributed by atoms with Crippen molar-refractivity contribution in [1.29, 1.82) is 0 Å². The summed E-state index contributed by atoms with van der Waals surface area (Å²) >= 11 is 0.